The third-order valence-corrected chi connectivity index (χ3v) is 2.31. The van der Waals surface area contributed by atoms with Crippen molar-refractivity contribution in [3.8, 4) is 5.75 Å². The molecule has 1 aromatic rings. The van der Waals surface area contributed by atoms with E-state index in [2.05, 4.69) is 19.7 Å². The summed E-state index contributed by atoms with van der Waals surface area (Å²) in [6, 6.07) is 5.49. The SMILES string of the molecule is C=C/C=C(\C=C)Cc1ccc(O)c(C=C)c1. The van der Waals surface area contributed by atoms with Gasteiger partial charge in [0.25, 0.3) is 0 Å². The number of phenolic OH excluding ortho intramolecular Hbond substituents is 1. The fourth-order valence-corrected chi connectivity index (χ4v) is 1.46. The molecule has 0 aromatic heterocycles. The average Bonchev–Trinajstić information content (AvgIpc) is 2.30. The molecule has 0 heterocycles. The lowest BCUT2D eigenvalue weighted by molar-refractivity contribution is 0.474. The normalized spacial score (nSPS) is 10.9. The van der Waals surface area contributed by atoms with Crippen molar-refractivity contribution in [2.24, 2.45) is 0 Å². The number of hydrogen-bond acceptors (Lipinski definition) is 1. The lowest BCUT2D eigenvalue weighted by Gasteiger charge is -2.05. The fourth-order valence-electron chi connectivity index (χ4n) is 1.46. The first-order chi connectivity index (χ1) is 7.71. The Hall–Kier alpha value is -2.02. The Balaban J connectivity index is 2.97. The summed E-state index contributed by atoms with van der Waals surface area (Å²) < 4.78 is 0. The Morgan fingerprint density at radius 3 is 2.56 bits per heavy atom. The molecule has 0 aliphatic heterocycles. The van der Waals surface area contributed by atoms with Crippen LogP contribution in [0.15, 0.2) is 61.7 Å². The van der Waals surface area contributed by atoms with Gasteiger partial charge in [0.1, 0.15) is 5.75 Å². The molecule has 82 valence electrons. The van der Waals surface area contributed by atoms with E-state index < -0.39 is 0 Å². The Morgan fingerprint density at radius 1 is 1.25 bits per heavy atom. The van der Waals surface area contributed by atoms with Crippen molar-refractivity contribution in [2.45, 2.75) is 6.42 Å². The van der Waals surface area contributed by atoms with Crippen molar-refractivity contribution >= 4 is 6.08 Å². The standard InChI is InChI=1S/C15H16O/c1-4-7-12(5-2)10-13-8-9-15(16)14(6-3)11-13/h4-9,11,16H,1-3,10H2/b12-7+. The van der Waals surface area contributed by atoms with Gasteiger partial charge in [-0.1, -0.05) is 50.1 Å². The van der Waals surface area contributed by atoms with Crippen LogP contribution in [0.2, 0.25) is 0 Å². The van der Waals surface area contributed by atoms with Gasteiger partial charge in [0.15, 0.2) is 0 Å². The number of benzene rings is 1. The minimum Gasteiger partial charge on any atom is -0.507 e. The van der Waals surface area contributed by atoms with E-state index in [9.17, 15) is 5.11 Å². The zero-order valence-corrected chi connectivity index (χ0v) is 9.32. The van der Waals surface area contributed by atoms with E-state index in [-0.39, 0.29) is 5.75 Å². The molecular formula is C15H16O. The second kappa shape index (κ2) is 5.76. The maximum absolute atomic E-state index is 9.51. The van der Waals surface area contributed by atoms with Gasteiger partial charge in [0.05, 0.1) is 0 Å². The van der Waals surface area contributed by atoms with Gasteiger partial charge < -0.3 is 5.11 Å². The van der Waals surface area contributed by atoms with E-state index in [1.165, 1.54) is 0 Å². The zero-order valence-electron chi connectivity index (χ0n) is 9.32. The topological polar surface area (TPSA) is 20.2 Å². The van der Waals surface area contributed by atoms with Crippen LogP contribution in [-0.4, -0.2) is 5.11 Å². The van der Waals surface area contributed by atoms with Crippen molar-refractivity contribution < 1.29 is 5.11 Å². The van der Waals surface area contributed by atoms with Crippen molar-refractivity contribution in [3.05, 3.63) is 72.9 Å². The maximum Gasteiger partial charge on any atom is 0.122 e. The minimum atomic E-state index is 0.256. The van der Waals surface area contributed by atoms with E-state index in [1.807, 2.05) is 24.3 Å². The molecule has 0 atom stereocenters. The minimum absolute atomic E-state index is 0.256. The highest BCUT2D eigenvalue weighted by Gasteiger charge is 2.00. The lowest BCUT2D eigenvalue weighted by Crippen LogP contribution is -1.88. The Bertz CT molecular complexity index is 439. The van der Waals surface area contributed by atoms with E-state index >= 15 is 0 Å². The molecule has 0 spiro atoms. The third kappa shape index (κ3) is 2.99. The van der Waals surface area contributed by atoms with E-state index in [1.54, 1.807) is 18.2 Å². The van der Waals surface area contributed by atoms with Gasteiger partial charge in [0, 0.05) is 5.56 Å². The molecule has 1 rings (SSSR count). The van der Waals surface area contributed by atoms with E-state index in [0.717, 1.165) is 23.1 Å². The van der Waals surface area contributed by atoms with Crippen molar-refractivity contribution in [1.29, 1.82) is 0 Å². The second-order valence-electron chi connectivity index (χ2n) is 3.46. The van der Waals surface area contributed by atoms with Crippen LogP contribution in [0.3, 0.4) is 0 Å². The van der Waals surface area contributed by atoms with Crippen LogP contribution >= 0.6 is 0 Å². The summed E-state index contributed by atoms with van der Waals surface area (Å²) >= 11 is 0. The average molecular weight is 212 g/mol. The summed E-state index contributed by atoms with van der Waals surface area (Å²) in [5, 5.41) is 9.51. The molecule has 0 bridgehead atoms. The van der Waals surface area contributed by atoms with E-state index in [0.29, 0.717) is 0 Å². The van der Waals surface area contributed by atoms with Crippen LogP contribution in [0, 0.1) is 0 Å². The first-order valence-corrected chi connectivity index (χ1v) is 5.09. The molecule has 16 heavy (non-hydrogen) atoms. The Morgan fingerprint density at radius 2 is 2.00 bits per heavy atom. The van der Waals surface area contributed by atoms with Gasteiger partial charge in [-0.2, -0.15) is 0 Å². The van der Waals surface area contributed by atoms with Gasteiger partial charge in [-0.15, -0.1) is 0 Å². The molecule has 0 amide bonds. The predicted octanol–water partition coefficient (Wildman–Crippen LogP) is 3.88. The molecule has 0 aliphatic rings. The molecule has 0 saturated carbocycles. The Labute approximate surface area is 96.8 Å². The Kier molecular flexibility index (Phi) is 4.34. The number of phenols is 1. The molecule has 1 aromatic carbocycles. The highest BCUT2D eigenvalue weighted by atomic mass is 16.3. The van der Waals surface area contributed by atoms with Gasteiger partial charge in [-0.3, -0.25) is 0 Å². The summed E-state index contributed by atoms with van der Waals surface area (Å²) in [7, 11) is 0. The first-order valence-electron chi connectivity index (χ1n) is 5.09. The van der Waals surface area contributed by atoms with Crippen LogP contribution in [-0.2, 0) is 6.42 Å². The second-order valence-corrected chi connectivity index (χ2v) is 3.46. The van der Waals surface area contributed by atoms with E-state index in [4.69, 9.17) is 0 Å². The van der Waals surface area contributed by atoms with Gasteiger partial charge in [-0.05, 0) is 29.7 Å². The summed E-state index contributed by atoms with van der Waals surface area (Å²) in [5.41, 5.74) is 2.95. The van der Waals surface area contributed by atoms with Crippen LogP contribution in [0.25, 0.3) is 6.08 Å². The van der Waals surface area contributed by atoms with Crippen molar-refractivity contribution in [3.63, 3.8) is 0 Å². The summed E-state index contributed by atoms with van der Waals surface area (Å²) in [4.78, 5) is 0. The third-order valence-electron chi connectivity index (χ3n) is 2.31. The number of rotatable bonds is 5. The van der Waals surface area contributed by atoms with Crippen molar-refractivity contribution in [2.75, 3.05) is 0 Å². The lowest BCUT2D eigenvalue weighted by atomic mass is 10.0. The molecule has 0 aliphatic carbocycles. The molecule has 1 N–H and O–H groups in total. The molecular weight excluding hydrogens is 196 g/mol. The highest BCUT2D eigenvalue weighted by Crippen LogP contribution is 2.21. The van der Waals surface area contributed by atoms with Crippen LogP contribution in [0.4, 0.5) is 0 Å². The van der Waals surface area contributed by atoms with Gasteiger partial charge >= 0.3 is 0 Å². The zero-order chi connectivity index (χ0) is 12.0. The quantitative estimate of drug-likeness (QED) is 0.734. The molecule has 0 fully saturated rings. The van der Waals surface area contributed by atoms with Crippen molar-refractivity contribution in [1.82, 2.24) is 0 Å². The smallest absolute Gasteiger partial charge is 0.122 e. The van der Waals surface area contributed by atoms with Gasteiger partial charge in [0.2, 0.25) is 0 Å². The molecule has 1 nitrogen and oxygen atoms in total. The summed E-state index contributed by atoms with van der Waals surface area (Å²) in [6.45, 7) is 11.1. The molecule has 0 unspecified atom stereocenters. The monoisotopic (exact) mass is 212 g/mol. The maximum atomic E-state index is 9.51. The fraction of sp³-hybridized carbons (Fsp3) is 0.0667. The molecule has 0 radical (unpaired) electrons. The summed E-state index contributed by atoms with van der Waals surface area (Å²) in [5.74, 6) is 0.256. The molecule has 1 heteroatoms. The van der Waals surface area contributed by atoms with Gasteiger partial charge in [-0.25, -0.2) is 0 Å². The first kappa shape index (κ1) is 12.1. The predicted molar refractivity (Wildman–Crippen MR) is 70.4 cm³/mol. The number of aromatic hydroxyl groups is 1. The highest BCUT2D eigenvalue weighted by molar-refractivity contribution is 5.56. The van der Waals surface area contributed by atoms with Crippen LogP contribution < -0.4 is 0 Å². The summed E-state index contributed by atoms with van der Waals surface area (Å²) in [6.07, 6.45) is 7.89. The molecule has 0 saturated heterocycles. The van der Waals surface area contributed by atoms with Crippen LogP contribution in [0.1, 0.15) is 11.1 Å². The number of allylic oxidation sites excluding steroid dienone is 4. The number of hydrogen-bond donors (Lipinski definition) is 1. The largest absolute Gasteiger partial charge is 0.507 e. The van der Waals surface area contributed by atoms with Crippen LogP contribution in [0.5, 0.6) is 5.75 Å².